The van der Waals surface area contributed by atoms with Crippen molar-refractivity contribution < 1.29 is 23.4 Å². The molecule has 0 amide bonds. The Kier molecular flexibility index (Phi) is 3.86. The molecule has 1 aromatic heterocycles. The van der Waals surface area contributed by atoms with Gasteiger partial charge in [0.2, 0.25) is 10.0 Å². The van der Waals surface area contributed by atoms with Crippen LogP contribution < -0.4 is 4.72 Å². The zero-order chi connectivity index (χ0) is 13.2. The SMILES string of the molecule is Cc1n[nH]c(C)c1S(=O)(=O)N[C@@H](CO)C(=O)O. The number of carboxylic acid groups (broad SMARTS) is 1. The van der Waals surface area contributed by atoms with Crippen molar-refractivity contribution in [1.29, 1.82) is 0 Å². The zero-order valence-corrected chi connectivity index (χ0v) is 10.1. The van der Waals surface area contributed by atoms with Crippen LogP contribution in [0.25, 0.3) is 0 Å². The number of rotatable bonds is 5. The van der Waals surface area contributed by atoms with E-state index in [-0.39, 0.29) is 10.6 Å². The second kappa shape index (κ2) is 4.82. The molecule has 0 saturated heterocycles. The third kappa shape index (κ3) is 2.81. The second-order valence-electron chi connectivity index (χ2n) is 3.46. The molecule has 0 saturated carbocycles. The molecule has 0 unspecified atom stereocenters. The molecule has 0 aliphatic rings. The van der Waals surface area contributed by atoms with Crippen LogP contribution in [0.4, 0.5) is 0 Å². The molecule has 1 rings (SSSR count). The number of carboxylic acids is 1. The number of aryl methyl sites for hydroxylation is 2. The summed E-state index contributed by atoms with van der Waals surface area (Å²) < 4.78 is 25.6. The Labute approximate surface area is 97.7 Å². The first kappa shape index (κ1) is 13.6. The first-order chi connectivity index (χ1) is 7.79. The van der Waals surface area contributed by atoms with Gasteiger partial charge in [-0.25, -0.2) is 8.42 Å². The molecule has 1 heterocycles. The van der Waals surface area contributed by atoms with Gasteiger partial charge in [0.05, 0.1) is 18.0 Å². The van der Waals surface area contributed by atoms with Crippen molar-refractivity contribution in [1.82, 2.24) is 14.9 Å². The van der Waals surface area contributed by atoms with E-state index in [9.17, 15) is 13.2 Å². The maximum absolute atomic E-state index is 11.9. The highest BCUT2D eigenvalue weighted by molar-refractivity contribution is 7.89. The summed E-state index contributed by atoms with van der Waals surface area (Å²) in [6.45, 7) is 2.15. The van der Waals surface area contributed by atoms with Gasteiger partial charge in [-0.1, -0.05) is 0 Å². The summed E-state index contributed by atoms with van der Waals surface area (Å²) in [4.78, 5) is 10.5. The summed E-state index contributed by atoms with van der Waals surface area (Å²) in [6, 6.07) is -1.58. The minimum Gasteiger partial charge on any atom is -0.480 e. The van der Waals surface area contributed by atoms with Crippen LogP contribution >= 0.6 is 0 Å². The zero-order valence-electron chi connectivity index (χ0n) is 9.26. The fourth-order valence-electron chi connectivity index (χ4n) is 1.35. The van der Waals surface area contributed by atoms with E-state index in [1.54, 1.807) is 0 Å². The molecule has 8 nitrogen and oxygen atoms in total. The molecule has 0 fully saturated rings. The molecular formula is C8H13N3O5S. The quantitative estimate of drug-likeness (QED) is 0.524. The minimum atomic E-state index is -4.02. The summed E-state index contributed by atoms with van der Waals surface area (Å²) in [5.41, 5.74) is 0.536. The average molecular weight is 263 g/mol. The number of nitrogens with zero attached hydrogens (tertiary/aromatic N) is 1. The number of H-pyrrole nitrogens is 1. The Balaban J connectivity index is 3.09. The number of carbonyl (C=O) groups is 1. The summed E-state index contributed by atoms with van der Waals surface area (Å²) in [5, 5.41) is 23.6. The van der Waals surface area contributed by atoms with Gasteiger partial charge >= 0.3 is 5.97 Å². The van der Waals surface area contributed by atoms with Crippen molar-refractivity contribution in [3.8, 4) is 0 Å². The Bertz CT molecular complexity index is 502. The number of nitrogens with one attached hydrogen (secondary N) is 2. The lowest BCUT2D eigenvalue weighted by atomic mass is 10.3. The Morgan fingerprint density at radius 2 is 2.12 bits per heavy atom. The molecule has 0 aliphatic carbocycles. The largest absolute Gasteiger partial charge is 0.480 e. The smallest absolute Gasteiger partial charge is 0.324 e. The minimum absolute atomic E-state index is 0.0998. The standard InChI is InChI=1S/C8H13N3O5S/c1-4-7(5(2)10-9-4)17(15,16)11-6(3-12)8(13)14/h6,11-12H,3H2,1-2H3,(H,9,10)(H,13,14)/t6-/m0/s1. The van der Waals surface area contributed by atoms with E-state index in [0.29, 0.717) is 5.69 Å². The normalized spacial score (nSPS) is 13.6. The Morgan fingerprint density at radius 3 is 2.47 bits per heavy atom. The highest BCUT2D eigenvalue weighted by atomic mass is 32.2. The monoisotopic (exact) mass is 263 g/mol. The van der Waals surface area contributed by atoms with Gasteiger partial charge in [0.25, 0.3) is 0 Å². The fourth-order valence-corrected chi connectivity index (χ4v) is 2.90. The average Bonchev–Trinajstić information content (AvgIpc) is 2.55. The number of hydrogen-bond acceptors (Lipinski definition) is 5. The van der Waals surface area contributed by atoms with E-state index < -0.39 is 28.6 Å². The number of aromatic amines is 1. The summed E-state index contributed by atoms with van der Waals surface area (Å²) in [6.07, 6.45) is 0. The van der Waals surface area contributed by atoms with Gasteiger partial charge in [0.15, 0.2) is 0 Å². The number of hydrogen-bond donors (Lipinski definition) is 4. The summed E-state index contributed by atoms with van der Waals surface area (Å²) in [5.74, 6) is -1.45. The van der Waals surface area contributed by atoms with Crippen molar-refractivity contribution in [2.75, 3.05) is 6.61 Å². The molecule has 1 atom stereocenters. The fraction of sp³-hybridized carbons (Fsp3) is 0.500. The van der Waals surface area contributed by atoms with Crippen LogP contribution in [0.15, 0.2) is 4.90 Å². The first-order valence-corrected chi connectivity index (χ1v) is 6.15. The van der Waals surface area contributed by atoms with Gasteiger partial charge in [-0.15, -0.1) is 0 Å². The molecule has 1 aromatic rings. The molecule has 0 spiro atoms. The predicted molar refractivity (Wildman–Crippen MR) is 56.9 cm³/mol. The number of aromatic nitrogens is 2. The summed E-state index contributed by atoms with van der Waals surface area (Å²) >= 11 is 0. The van der Waals surface area contributed by atoms with Crippen LogP contribution in [0.2, 0.25) is 0 Å². The lowest BCUT2D eigenvalue weighted by Crippen LogP contribution is -2.43. The molecule has 17 heavy (non-hydrogen) atoms. The second-order valence-corrected chi connectivity index (χ2v) is 5.11. The van der Waals surface area contributed by atoms with Gasteiger partial charge < -0.3 is 10.2 Å². The van der Waals surface area contributed by atoms with Crippen LogP contribution in [0.3, 0.4) is 0 Å². The topological polar surface area (TPSA) is 132 Å². The Hall–Kier alpha value is -1.45. The van der Waals surface area contributed by atoms with Crippen LogP contribution in [0.5, 0.6) is 0 Å². The van der Waals surface area contributed by atoms with Crippen LogP contribution in [-0.4, -0.2) is 47.4 Å². The highest BCUT2D eigenvalue weighted by Gasteiger charge is 2.28. The van der Waals surface area contributed by atoms with Crippen LogP contribution in [-0.2, 0) is 14.8 Å². The summed E-state index contributed by atoms with van der Waals surface area (Å²) in [7, 11) is -4.02. The van der Waals surface area contributed by atoms with Gasteiger partial charge in [0.1, 0.15) is 10.9 Å². The number of aliphatic hydroxyl groups is 1. The number of aliphatic hydroxyl groups excluding tert-OH is 1. The van der Waals surface area contributed by atoms with Gasteiger partial charge in [0, 0.05) is 0 Å². The maximum atomic E-state index is 11.9. The molecule has 0 aliphatic heterocycles. The maximum Gasteiger partial charge on any atom is 0.324 e. The van der Waals surface area contributed by atoms with Crippen LogP contribution in [0.1, 0.15) is 11.4 Å². The van der Waals surface area contributed by atoms with E-state index in [0.717, 1.165) is 0 Å². The predicted octanol–water partition coefficient (Wildman–Crippen LogP) is -1.25. The third-order valence-corrected chi connectivity index (χ3v) is 3.84. The number of sulfonamides is 1. The van der Waals surface area contributed by atoms with E-state index in [4.69, 9.17) is 10.2 Å². The van der Waals surface area contributed by atoms with Crippen LogP contribution in [0, 0.1) is 13.8 Å². The third-order valence-electron chi connectivity index (χ3n) is 2.11. The molecule has 4 N–H and O–H groups in total. The molecule has 0 bridgehead atoms. The first-order valence-electron chi connectivity index (χ1n) is 4.67. The molecular weight excluding hydrogens is 250 g/mol. The lowest BCUT2D eigenvalue weighted by molar-refractivity contribution is -0.139. The van der Waals surface area contributed by atoms with Gasteiger partial charge in [-0.3, -0.25) is 9.89 Å². The lowest BCUT2D eigenvalue weighted by Gasteiger charge is -2.12. The highest BCUT2D eigenvalue weighted by Crippen LogP contribution is 2.16. The van der Waals surface area contributed by atoms with E-state index in [1.807, 2.05) is 4.72 Å². The molecule has 96 valence electrons. The Morgan fingerprint density at radius 1 is 1.53 bits per heavy atom. The molecule has 0 aromatic carbocycles. The van der Waals surface area contributed by atoms with Crippen molar-refractivity contribution >= 4 is 16.0 Å². The van der Waals surface area contributed by atoms with E-state index in [1.165, 1.54) is 13.8 Å². The van der Waals surface area contributed by atoms with E-state index in [2.05, 4.69) is 10.2 Å². The number of aliphatic carboxylic acids is 1. The van der Waals surface area contributed by atoms with E-state index >= 15 is 0 Å². The van der Waals surface area contributed by atoms with Gasteiger partial charge in [-0.05, 0) is 13.8 Å². The van der Waals surface area contributed by atoms with Crippen molar-refractivity contribution in [3.63, 3.8) is 0 Å². The van der Waals surface area contributed by atoms with Gasteiger partial charge in [-0.2, -0.15) is 9.82 Å². The molecule has 0 radical (unpaired) electrons. The van der Waals surface area contributed by atoms with Crippen molar-refractivity contribution in [3.05, 3.63) is 11.4 Å². The van der Waals surface area contributed by atoms with Crippen molar-refractivity contribution in [2.45, 2.75) is 24.8 Å². The van der Waals surface area contributed by atoms with Crippen molar-refractivity contribution in [2.24, 2.45) is 0 Å². The molecule has 9 heteroatoms.